The molecule has 1 aromatic carbocycles. The Kier molecular flexibility index (Phi) is 19.9. The smallest absolute Gasteiger partial charge is 0.406 e. The van der Waals surface area contributed by atoms with Gasteiger partial charge in [-0.2, -0.15) is 0 Å². The molecule has 1 aliphatic rings. The lowest BCUT2D eigenvalue weighted by atomic mass is 10.0. The van der Waals surface area contributed by atoms with Gasteiger partial charge in [-0.3, -0.25) is 14.5 Å². The van der Waals surface area contributed by atoms with Crippen LogP contribution in [-0.2, 0) is 16.0 Å². The van der Waals surface area contributed by atoms with Gasteiger partial charge in [-0.15, -0.1) is 0 Å². The minimum absolute atomic E-state index is 0. The van der Waals surface area contributed by atoms with Crippen LogP contribution in [0.4, 0.5) is 4.79 Å². The van der Waals surface area contributed by atoms with Crippen molar-refractivity contribution in [3.8, 4) is 0 Å². The number of halogens is 1. The van der Waals surface area contributed by atoms with Gasteiger partial charge in [0.1, 0.15) is 12.6 Å². The molecule has 2 unspecified atom stereocenters. The highest BCUT2D eigenvalue weighted by molar-refractivity contribution is 6.21. The second-order valence-corrected chi connectivity index (χ2v) is 12.3. The van der Waals surface area contributed by atoms with Crippen LogP contribution in [0.2, 0.25) is 0 Å². The Bertz CT molecular complexity index is 1110. The van der Waals surface area contributed by atoms with Gasteiger partial charge in [0.2, 0.25) is 6.29 Å². The quantitative estimate of drug-likeness (QED) is 0.0691. The maximum absolute atomic E-state index is 13.4. The fourth-order valence-corrected chi connectivity index (χ4v) is 6.15. The summed E-state index contributed by atoms with van der Waals surface area (Å²) in [6, 6.07) is 11.8. The summed E-state index contributed by atoms with van der Waals surface area (Å²) in [4.78, 5) is 39.9. The van der Waals surface area contributed by atoms with Crippen LogP contribution in [0.25, 0.3) is 0 Å². The molecule has 0 saturated heterocycles. The van der Waals surface area contributed by atoms with E-state index in [1.807, 2.05) is 35.2 Å². The van der Waals surface area contributed by atoms with E-state index in [-0.39, 0.29) is 12.4 Å². The molecule has 256 valence electrons. The first-order valence-corrected chi connectivity index (χ1v) is 17.5. The van der Waals surface area contributed by atoms with Crippen molar-refractivity contribution in [3.05, 3.63) is 66.0 Å². The van der Waals surface area contributed by atoms with E-state index < -0.39 is 30.2 Å². The average Bonchev–Trinajstić information content (AvgIpc) is 3.29. The molecule has 0 saturated carbocycles. The Morgan fingerprint density at radius 1 is 0.717 bits per heavy atom. The third-order valence-electron chi connectivity index (χ3n) is 8.68. The number of primary amides is 1. The summed E-state index contributed by atoms with van der Waals surface area (Å²) in [6.45, 7) is 3.29. The van der Waals surface area contributed by atoms with Gasteiger partial charge in [-0.1, -0.05) is 121 Å². The molecule has 0 spiro atoms. The van der Waals surface area contributed by atoms with Crippen molar-refractivity contribution in [3.63, 3.8) is 0 Å². The lowest BCUT2D eigenvalue weighted by Gasteiger charge is -2.32. The van der Waals surface area contributed by atoms with Crippen LogP contribution in [-0.4, -0.2) is 41.7 Å². The highest BCUT2D eigenvalue weighted by Crippen LogP contribution is 2.29. The van der Waals surface area contributed by atoms with Crippen molar-refractivity contribution in [2.45, 2.75) is 141 Å². The first kappa shape index (κ1) is 39.2. The summed E-state index contributed by atoms with van der Waals surface area (Å²) in [5.74, 6) is -0.811. The summed E-state index contributed by atoms with van der Waals surface area (Å²) in [5, 5.41) is 0. The van der Waals surface area contributed by atoms with E-state index in [1.54, 1.807) is 24.3 Å². The first-order chi connectivity index (χ1) is 22.0. The Morgan fingerprint density at radius 2 is 1.20 bits per heavy atom. The number of carbonyl (C=O) groups excluding carboxylic acids is 3. The SMILES string of the molecule is CCCCCCCCCCCCCCCCCCOC(OC(N)=O)C(CCC[n+]1ccccc1)N1C(=O)c2ccccc2C1=O.[Cl-]. The van der Waals surface area contributed by atoms with Crippen LogP contribution >= 0.6 is 0 Å². The van der Waals surface area contributed by atoms with Crippen molar-refractivity contribution >= 4 is 17.9 Å². The fourth-order valence-electron chi connectivity index (χ4n) is 6.15. The second kappa shape index (κ2) is 23.4. The standard InChI is InChI=1S/C37H55N3O5.ClH/c1-2-3-4-5-6-7-8-9-10-11-12-13-14-15-16-22-30-44-36(45-37(38)43)33(26-23-29-39-27-20-17-21-28-39)40-34(41)31-24-18-19-25-32(31)35(40)42;/h17-21,24-25,27-28,33,36H,2-16,22-23,26,29-30H2,1H3,(H-,38,43);1H. The number of aromatic nitrogens is 1. The maximum atomic E-state index is 13.4. The van der Waals surface area contributed by atoms with Crippen LogP contribution in [0, 0.1) is 0 Å². The average molecular weight is 658 g/mol. The zero-order chi connectivity index (χ0) is 32.1. The highest BCUT2D eigenvalue weighted by atomic mass is 35.5. The number of unbranched alkanes of at least 4 members (excludes halogenated alkanes) is 15. The third-order valence-corrected chi connectivity index (χ3v) is 8.68. The number of fused-ring (bicyclic) bond motifs is 1. The summed E-state index contributed by atoms with van der Waals surface area (Å²) in [5.41, 5.74) is 6.13. The number of nitrogens with two attached hydrogens (primary N) is 1. The van der Waals surface area contributed by atoms with Crippen molar-refractivity contribution in [1.82, 2.24) is 4.90 Å². The van der Waals surface area contributed by atoms with Crippen molar-refractivity contribution < 1.29 is 40.8 Å². The number of imide groups is 1. The van der Waals surface area contributed by atoms with E-state index >= 15 is 0 Å². The molecule has 1 aromatic heterocycles. The molecule has 2 N–H and O–H groups in total. The predicted molar refractivity (Wildman–Crippen MR) is 177 cm³/mol. The molecule has 0 bridgehead atoms. The Balaban J connectivity index is 0.00000736. The Hall–Kier alpha value is -2.97. The lowest BCUT2D eigenvalue weighted by molar-refractivity contribution is -0.697. The van der Waals surface area contributed by atoms with E-state index in [9.17, 15) is 14.4 Å². The molecule has 0 radical (unpaired) electrons. The van der Waals surface area contributed by atoms with E-state index in [4.69, 9.17) is 15.2 Å². The van der Waals surface area contributed by atoms with Gasteiger partial charge < -0.3 is 27.6 Å². The fraction of sp³-hybridized carbons (Fsp3) is 0.622. The number of nitrogens with zero attached hydrogens (tertiary/aromatic N) is 2. The molecule has 2 aromatic rings. The second-order valence-electron chi connectivity index (χ2n) is 12.3. The molecule has 9 heteroatoms. The summed E-state index contributed by atoms with van der Waals surface area (Å²) in [6.07, 6.45) is 23.2. The van der Waals surface area contributed by atoms with E-state index in [0.29, 0.717) is 37.1 Å². The van der Waals surface area contributed by atoms with Crippen molar-refractivity contribution in [2.75, 3.05) is 6.61 Å². The summed E-state index contributed by atoms with van der Waals surface area (Å²) in [7, 11) is 0. The van der Waals surface area contributed by atoms with Crippen LogP contribution in [0.5, 0.6) is 0 Å². The molecule has 2 heterocycles. The van der Waals surface area contributed by atoms with Gasteiger partial charge in [0.25, 0.3) is 11.8 Å². The molecular formula is C37H56ClN3O5. The van der Waals surface area contributed by atoms with E-state index in [1.165, 1.54) is 88.4 Å². The molecule has 46 heavy (non-hydrogen) atoms. The first-order valence-electron chi connectivity index (χ1n) is 17.5. The molecule has 3 rings (SSSR count). The number of pyridine rings is 1. The molecule has 1 aliphatic heterocycles. The largest absolute Gasteiger partial charge is 1.00 e. The number of hydrogen-bond donors (Lipinski definition) is 1. The normalized spacial score (nSPS) is 13.7. The minimum atomic E-state index is -1.14. The third kappa shape index (κ3) is 13.8. The minimum Gasteiger partial charge on any atom is -1.00 e. The van der Waals surface area contributed by atoms with Gasteiger partial charge >= 0.3 is 6.09 Å². The number of hydrogen-bond acceptors (Lipinski definition) is 5. The molecule has 0 fully saturated rings. The van der Waals surface area contributed by atoms with Crippen LogP contribution in [0.15, 0.2) is 54.9 Å². The van der Waals surface area contributed by atoms with Gasteiger partial charge in [0.05, 0.1) is 17.7 Å². The predicted octanol–water partition coefficient (Wildman–Crippen LogP) is 5.12. The van der Waals surface area contributed by atoms with Gasteiger partial charge in [0, 0.05) is 18.6 Å². The van der Waals surface area contributed by atoms with Crippen molar-refractivity contribution in [2.24, 2.45) is 5.73 Å². The number of rotatable bonds is 25. The molecule has 8 nitrogen and oxygen atoms in total. The summed E-state index contributed by atoms with van der Waals surface area (Å²) >= 11 is 0. The van der Waals surface area contributed by atoms with E-state index in [0.717, 1.165) is 19.3 Å². The molecule has 2 atom stereocenters. The highest BCUT2D eigenvalue weighted by Gasteiger charge is 2.44. The maximum Gasteiger partial charge on any atom is 0.406 e. The number of aryl methyl sites for hydroxylation is 1. The van der Waals surface area contributed by atoms with Crippen molar-refractivity contribution in [1.29, 1.82) is 0 Å². The number of ether oxygens (including phenoxy) is 2. The van der Waals surface area contributed by atoms with Crippen LogP contribution in [0.1, 0.15) is 143 Å². The Labute approximate surface area is 282 Å². The molecule has 0 aliphatic carbocycles. The van der Waals surface area contributed by atoms with Gasteiger partial charge in [-0.05, 0) is 25.0 Å². The summed E-state index contributed by atoms with van der Waals surface area (Å²) < 4.78 is 13.5. The molecular weight excluding hydrogens is 602 g/mol. The molecule has 3 amide bonds. The number of benzene rings is 1. The number of amides is 3. The van der Waals surface area contributed by atoms with Crippen LogP contribution < -0.4 is 22.7 Å². The van der Waals surface area contributed by atoms with Gasteiger partial charge in [-0.25, -0.2) is 9.36 Å². The Morgan fingerprint density at radius 3 is 1.67 bits per heavy atom. The van der Waals surface area contributed by atoms with Gasteiger partial charge in [0.15, 0.2) is 12.4 Å². The van der Waals surface area contributed by atoms with Crippen LogP contribution in [0.3, 0.4) is 0 Å². The monoisotopic (exact) mass is 657 g/mol. The zero-order valence-corrected chi connectivity index (χ0v) is 28.6. The topological polar surface area (TPSA) is 103 Å². The zero-order valence-electron chi connectivity index (χ0n) is 27.9. The number of carbonyl (C=O) groups is 3. The lowest BCUT2D eigenvalue weighted by Crippen LogP contribution is -3.00. The van der Waals surface area contributed by atoms with E-state index in [2.05, 4.69) is 6.92 Å².